The first-order valence-electron chi connectivity index (χ1n) is 7.80. The Bertz CT molecular complexity index is 205. The second kappa shape index (κ2) is 6.75. The van der Waals surface area contributed by atoms with Crippen LogP contribution in [0.5, 0.6) is 0 Å². The molecular weight excluding hydrogens is 208 g/mol. The fourth-order valence-electron chi connectivity index (χ4n) is 3.16. The highest BCUT2D eigenvalue weighted by molar-refractivity contribution is 4.85. The molecule has 2 nitrogen and oxygen atoms in total. The van der Waals surface area contributed by atoms with Crippen LogP contribution in [0.15, 0.2) is 0 Å². The molecule has 0 aromatic carbocycles. The number of nitrogens with one attached hydrogen (secondary N) is 1. The van der Waals surface area contributed by atoms with Gasteiger partial charge in [-0.1, -0.05) is 13.8 Å². The zero-order valence-corrected chi connectivity index (χ0v) is 11.8. The Hall–Kier alpha value is -0.0800. The lowest BCUT2D eigenvalue weighted by atomic mass is 9.90. The number of nitrogens with zero attached hydrogens (tertiary/aromatic N) is 1. The summed E-state index contributed by atoms with van der Waals surface area (Å²) in [5, 5.41) is 3.68. The van der Waals surface area contributed by atoms with E-state index in [0.717, 1.165) is 18.0 Å². The quantitative estimate of drug-likeness (QED) is 0.733. The van der Waals surface area contributed by atoms with E-state index >= 15 is 0 Å². The van der Waals surface area contributed by atoms with Crippen molar-refractivity contribution in [1.82, 2.24) is 10.2 Å². The molecule has 2 rings (SSSR count). The molecule has 0 heterocycles. The van der Waals surface area contributed by atoms with Crippen molar-refractivity contribution in [3.8, 4) is 0 Å². The molecule has 0 spiro atoms. The Kier molecular flexibility index (Phi) is 5.30. The highest BCUT2D eigenvalue weighted by Gasteiger charge is 2.29. The molecule has 0 atom stereocenters. The SMILES string of the molecule is CCCNC1CCC(N(CC)CC2CC2)CC1. The maximum atomic E-state index is 3.68. The third-order valence-electron chi connectivity index (χ3n) is 4.49. The van der Waals surface area contributed by atoms with Gasteiger partial charge in [-0.3, -0.25) is 0 Å². The van der Waals surface area contributed by atoms with Gasteiger partial charge in [-0.15, -0.1) is 0 Å². The van der Waals surface area contributed by atoms with Gasteiger partial charge in [0.15, 0.2) is 0 Å². The van der Waals surface area contributed by atoms with Gasteiger partial charge in [-0.2, -0.15) is 0 Å². The average Bonchev–Trinajstić information content (AvgIpc) is 3.18. The van der Waals surface area contributed by atoms with E-state index in [-0.39, 0.29) is 0 Å². The van der Waals surface area contributed by atoms with Gasteiger partial charge in [0.1, 0.15) is 0 Å². The lowest BCUT2D eigenvalue weighted by Gasteiger charge is -2.36. The summed E-state index contributed by atoms with van der Waals surface area (Å²) < 4.78 is 0. The summed E-state index contributed by atoms with van der Waals surface area (Å²) in [6.07, 6.45) is 9.87. The zero-order chi connectivity index (χ0) is 12.1. The van der Waals surface area contributed by atoms with Crippen molar-refractivity contribution in [3.05, 3.63) is 0 Å². The third kappa shape index (κ3) is 4.26. The van der Waals surface area contributed by atoms with Crippen LogP contribution in [0.25, 0.3) is 0 Å². The number of hydrogen-bond acceptors (Lipinski definition) is 2. The molecule has 0 unspecified atom stereocenters. The molecule has 100 valence electrons. The van der Waals surface area contributed by atoms with Crippen molar-refractivity contribution >= 4 is 0 Å². The van der Waals surface area contributed by atoms with Crippen LogP contribution in [-0.2, 0) is 0 Å². The second-order valence-corrected chi connectivity index (χ2v) is 5.99. The van der Waals surface area contributed by atoms with Gasteiger partial charge in [-0.25, -0.2) is 0 Å². The van der Waals surface area contributed by atoms with Gasteiger partial charge >= 0.3 is 0 Å². The first-order chi connectivity index (χ1) is 8.33. The predicted molar refractivity (Wildman–Crippen MR) is 74.3 cm³/mol. The molecule has 2 aliphatic rings. The van der Waals surface area contributed by atoms with Crippen LogP contribution in [0.4, 0.5) is 0 Å². The Morgan fingerprint density at radius 2 is 1.71 bits per heavy atom. The highest BCUT2D eigenvalue weighted by Crippen LogP contribution is 2.32. The number of rotatable bonds is 7. The van der Waals surface area contributed by atoms with Crippen molar-refractivity contribution < 1.29 is 0 Å². The van der Waals surface area contributed by atoms with Crippen LogP contribution >= 0.6 is 0 Å². The highest BCUT2D eigenvalue weighted by atomic mass is 15.2. The molecule has 1 N–H and O–H groups in total. The topological polar surface area (TPSA) is 15.3 Å². The molecule has 0 bridgehead atoms. The monoisotopic (exact) mass is 238 g/mol. The van der Waals surface area contributed by atoms with E-state index < -0.39 is 0 Å². The smallest absolute Gasteiger partial charge is 0.00964 e. The fraction of sp³-hybridized carbons (Fsp3) is 1.00. The van der Waals surface area contributed by atoms with E-state index in [0.29, 0.717) is 0 Å². The van der Waals surface area contributed by atoms with E-state index in [1.807, 2.05) is 0 Å². The molecule has 2 aliphatic carbocycles. The predicted octanol–water partition coefficient (Wildman–Crippen LogP) is 3.03. The van der Waals surface area contributed by atoms with Gasteiger partial charge in [0.05, 0.1) is 0 Å². The van der Waals surface area contributed by atoms with Gasteiger partial charge < -0.3 is 10.2 Å². The van der Waals surface area contributed by atoms with Crippen molar-refractivity contribution in [2.24, 2.45) is 5.92 Å². The second-order valence-electron chi connectivity index (χ2n) is 5.99. The van der Waals surface area contributed by atoms with Gasteiger partial charge in [0.2, 0.25) is 0 Å². The first kappa shape index (κ1) is 13.4. The number of hydrogen-bond donors (Lipinski definition) is 1. The molecule has 2 saturated carbocycles. The molecule has 0 saturated heterocycles. The Balaban J connectivity index is 1.68. The third-order valence-corrected chi connectivity index (χ3v) is 4.49. The Morgan fingerprint density at radius 1 is 1.00 bits per heavy atom. The molecule has 0 radical (unpaired) electrons. The van der Waals surface area contributed by atoms with E-state index in [4.69, 9.17) is 0 Å². The van der Waals surface area contributed by atoms with Crippen molar-refractivity contribution in [3.63, 3.8) is 0 Å². The molecule has 2 fully saturated rings. The summed E-state index contributed by atoms with van der Waals surface area (Å²) >= 11 is 0. The van der Waals surface area contributed by atoms with Crippen molar-refractivity contribution in [2.75, 3.05) is 19.6 Å². The fourth-order valence-corrected chi connectivity index (χ4v) is 3.16. The van der Waals surface area contributed by atoms with Gasteiger partial charge in [0.25, 0.3) is 0 Å². The van der Waals surface area contributed by atoms with E-state index in [9.17, 15) is 0 Å². The maximum absolute atomic E-state index is 3.68. The van der Waals surface area contributed by atoms with Crippen molar-refractivity contribution in [2.45, 2.75) is 70.9 Å². The van der Waals surface area contributed by atoms with Gasteiger partial charge in [-0.05, 0) is 64.0 Å². The molecular formula is C15H30N2. The van der Waals surface area contributed by atoms with Crippen LogP contribution in [-0.4, -0.2) is 36.6 Å². The summed E-state index contributed by atoms with van der Waals surface area (Å²) in [5.41, 5.74) is 0. The lowest BCUT2D eigenvalue weighted by molar-refractivity contribution is 0.144. The lowest BCUT2D eigenvalue weighted by Crippen LogP contribution is -2.43. The Labute approximate surface area is 107 Å². The zero-order valence-electron chi connectivity index (χ0n) is 11.8. The summed E-state index contributed by atoms with van der Waals surface area (Å²) in [4.78, 5) is 2.76. The van der Waals surface area contributed by atoms with Crippen LogP contribution in [0.1, 0.15) is 58.8 Å². The largest absolute Gasteiger partial charge is 0.314 e. The Morgan fingerprint density at radius 3 is 2.24 bits per heavy atom. The van der Waals surface area contributed by atoms with E-state index in [1.54, 1.807) is 0 Å². The van der Waals surface area contributed by atoms with Gasteiger partial charge in [0, 0.05) is 18.6 Å². The summed E-state index contributed by atoms with van der Waals surface area (Å²) in [7, 11) is 0. The summed E-state index contributed by atoms with van der Waals surface area (Å²) in [6.45, 7) is 8.44. The van der Waals surface area contributed by atoms with Crippen LogP contribution in [0.2, 0.25) is 0 Å². The molecule has 0 aromatic rings. The van der Waals surface area contributed by atoms with E-state index in [2.05, 4.69) is 24.1 Å². The van der Waals surface area contributed by atoms with Crippen molar-refractivity contribution in [1.29, 1.82) is 0 Å². The molecule has 0 aromatic heterocycles. The molecule has 17 heavy (non-hydrogen) atoms. The average molecular weight is 238 g/mol. The van der Waals surface area contributed by atoms with E-state index in [1.165, 1.54) is 64.6 Å². The summed E-state index contributed by atoms with van der Waals surface area (Å²) in [5.74, 6) is 1.05. The normalized spacial score (nSPS) is 29.8. The minimum atomic E-state index is 0.811. The maximum Gasteiger partial charge on any atom is 0.00964 e. The van der Waals surface area contributed by atoms with Crippen LogP contribution in [0, 0.1) is 5.92 Å². The first-order valence-corrected chi connectivity index (χ1v) is 7.80. The van der Waals surface area contributed by atoms with Crippen LogP contribution in [0.3, 0.4) is 0 Å². The molecule has 0 aliphatic heterocycles. The molecule has 2 heteroatoms. The minimum Gasteiger partial charge on any atom is -0.314 e. The summed E-state index contributed by atoms with van der Waals surface area (Å²) in [6, 6.07) is 1.70. The standard InChI is InChI=1S/C15H30N2/c1-3-11-16-14-7-9-15(10-8-14)17(4-2)12-13-5-6-13/h13-16H,3-12H2,1-2H3. The van der Waals surface area contributed by atoms with Crippen LogP contribution < -0.4 is 5.32 Å². The minimum absolute atomic E-state index is 0.811. The molecule has 0 amide bonds.